The van der Waals surface area contributed by atoms with E-state index in [4.69, 9.17) is 4.74 Å². The molecular weight excluding hydrogens is 424 g/mol. The van der Waals surface area contributed by atoms with E-state index in [1.54, 1.807) is 0 Å². The van der Waals surface area contributed by atoms with Crippen molar-refractivity contribution in [1.29, 1.82) is 0 Å². The molecule has 1 aliphatic heterocycles. The van der Waals surface area contributed by atoms with E-state index in [1.807, 2.05) is 43.3 Å². The lowest BCUT2D eigenvalue weighted by atomic mass is 9.98. The maximum atomic E-state index is 12.7. The number of aliphatic hydroxyl groups excluding tert-OH is 1. The Hall–Kier alpha value is -3.39. The van der Waals surface area contributed by atoms with Crippen LogP contribution < -0.4 is 5.32 Å². The monoisotopic (exact) mass is 452 g/mol. The number of ether oxygens (including phenoxy) is 1. The van der Waals surface area contributed by atoms with Gasteiger partial charge >= 0.3 is 12.1 Å². The van der Waals surface area contributed by atoms with E-state index >= 15 is 0 Å². The van der Waals surface area contributed by atoms with Crippen LogP contribution in [0, 0.1) is 0 Å². The summed E-state index contributed by atoms with van der Waals surface area (Å²) in [5, 5.41) is 21.8. The van der Waals surface area contributed by atoms with Crippen molar-refractivity contribution in [3.8, 4) is 11.1 Å². The van der Waals surface area contributed by atoms with E-state index in [0.717, 1.165) is 22.3 Å². The molecule has 8 nitrogen and oxygen atoms in total. The summed E-state index contributed by atoms with van der Waals surface area (Å²) < 4.78 is 5.55. The van der Waals surface area contributed by atoms with E-state index in [9.17, 15) is 24.6 Å². The Morgan fingerprint density at radius 1 is 1.09 bits per heavy atom. The van der Waals surface area contributed by atoms with Crippen molar-refractivity contribution in [2.75, 3.05) is 13.2 Å². The molecular formula is C25H28N2O6. The van der Waals surface area contributed by atoms with Crippen LogP contribution >= 0.6 is 0 Å². The average molecular weight is 453 g/mol. The number of alkyl carbamates (subject to hydrolysis) is 1. The highest BCUT2D eigenvalue weighted by molar-refractivity contribution is 5.85. The van der Waals surface area contributed by atoms with Gasteiger partial charge in [0, 0.05) is 31.3 Å². The fourth-order valence-corrected chi connectivity index (χ4v) is 4.76. The highest BCUT2D eigenvalue weighted by atomic mass is 16.5. The molecule has 3 atom stereocenters. The Morgan fingerprint density at radius 2 is 1.70 bits per heavy atom. The Morgan fingerprint density at radius 3 is 2.27 bits per heavy atom. The summed E-state index contributed by atoms with van der Waals surface area (Å²) in [6.07, 6.45) is -1.04. The molecule has 1 aliphatic carbocycles. The predicted octanol–water partition coefficient (Wildman–Crippen LogP) is 2.74. The molecule has 2 aliphatic rings. The van der Waals surface area contributed by atoms with Gasteiger partial charge in [0.25, 0.3) is 0 Å². The number of benzene rings is 2. The Kier molecular flexibility index (Phi) is 6.65. The van der Waals surface area contributed by atoms with Gasteiger partial charge in [-0.15, -0.1) is 0 Å². The topological polar surface area (TPSA) is 116 Å². The molecule has 8 heteroatoms. The van der Waals surface area contributed by atoms with Crippen LogP contribution in [0.2, 0.25) is 0 Å². The molecule has 2 amide bonds. The lowest BCUT2D eigenvalue weighted by molar-refractivity contribution is -0.148. The first-order valence-electron chi connectivity index (χ1n) is 11.2. The second kappa shape index (κ2) is 9.62. The second-order valence-electron chi connectivity index (χ2n) is 8.57. The summed E-state index contributed by atoms with van der Waals surface area (Å²) in [5.41, 5.74) is 4.50. The van der Waals surface area contributed by atoms with Gasteiger partial charge in [-0.1, -0.05) is 55.5 Å². The first-order chi connectivity index (χ1) is 15.9. The molecule has 0 bridgehead atoms. The first-order valence-corrected chi connectivity index (χ1v) is 11.2. The molecule has 1 unspecified atom stereocenters. The lowest BCUT2D eigenvalue weighted by Crippen LogP contribution is -2.44. The van der Waals surface area contributed by atoms with Crippen molar-refractivity contribution >= 4 is 18.0 Å². The minimum atomic E-state index is -1.14. The van der Waals surface area contributed by atoms with E-state index < -0.39 is 36.2 Å². The van der Waals surface area contributed by atoms with Crippen molar-refractivity contribution in [3.05, 3.63) is 59.7 Å². The number of carboxylic acid groups (broad SMARTS) is 1. The molecule has 0 spiro atoms. The molecule has 174 valence electrons. The molecule has 1 fully saturated rings. The number of aliphatic hydroxyl groups is 1. The number of carbonyl (C=O) groups excluding carboxylic acids is 2. The smallest absolute Gasteiger partial charge is 0.407 e. The van der Waals surface area contributed by atoms with E-state index in [1.165, 1.54) is 4.90 Å². The van der Waals surface area contributed by atoms with Crippen LogP contribution in [0.25, 0.3) is 11.1 Å². The standard InChI is InChI=1S/C25H28N2O6/c1-2-15(11-23(29)27-13-16(28)12-22(27)24(30)31)26-25(32)33-14-21-19-9-5-3-7-17(19)18-8-4-6-10-20(18)21/h3-10,15-16,21-22,28H,2,11-14H2,1H3,(H,26,32)(H,30,31)/t15?,16-,22+/m1/s1. The van der Waals surface area contributed by atoms with Crippen LogP contribution in [0.5, 0.6) is 0 Å². The SMILES string of the molecule is CCC(CC(=O)N1C[C@H](O)C[C@H]1C(=O)O)NC(=O)OCC1c2ccccc2-c2ccccc21. The number of aliphatic carboxylic acids is 1. The van der Waals surface area contributed by atoms with Crippen LogP contribution in [-0.4, -0.2) is 64.4 Å². The Balaban J connectivity index is 1.36. The van der Waals surface area contributed by atoms with E-state index in [2.05, 4.69) is 17.4 Å². The second-order valence-corrected chi connectivity index (χ2v) is 8.57. The van der Waals surface area contributed by atoms with Crippen molar-refractivity contribution in [2.24, 2.45) is 0 Å². The molecule has 0 radical (unpaired) electrons. The highest BCUT2D eigenvalue weighted by Gasteiger charge is 2.39. The first kappa shape index (κ1) is 22.8. The van der Waals surface area contributed by atoms with Gasteiger partial charge in [0.1, 0.15) is 12.6 Å². The third-order valence-corrected chi connectivity index (χ3v) is 6.46. The van der Waals surface area contributed by atoms with Gasteiger partial charge in [0.2, 0.25) is 5.91 Å². The number of fused-ring (bicyclic) bond motifs is 3. The molecule has 0 saturated carbocycles. The zero-order valence-corrected chi connectivity index (χ0v) is 18.4. The van der Waals surface area contributed by atoms with Gasteiger partial charge in [0.05, 0.1) is 6.10 Å². The minimum absolute atomic E-state index is 0.0116. The molecule has 2 aromatic rings. The average Bonchev–Trinajstić information content (AvgIpc) is 3.35. The molecule has 1 saturated heterocycles. The largest absolute Gasteiger partial charge is 0.480 e. The fourth-order valence-electron chi connectivity index (χ4n) is 4.76. The maximum absolute atomic E-state index is 12.7. The van der Waals surface area contributed by atoms with Gasteiger partial charge < -0.3 is 25.2 Å². The van der Waals surface area contributed by atoms with Crippen LogP contribution in [0.3, 0.4) is 0 Å². The van der Waals surface area contributed by atoms with Gasteiger partial charge in [-0.2, -0.15) is 0 Å². The van der Waals surface area contributed by atoms with E-state index in [0.29, 0.717) is 6.42 Å². The van der Waals surface area contributed by atoms with Crippen LogP contribution in [0.4, 0.5) is 4.79 Å². The molecule has 1 heterocycles. The molecule has 2 aromatic carbocycles. The fraction of sp³-hybridized carbons (Fsp3) is 0.400. The van der Waals surface area contributed by atoms with Gasteiger partial charge in [0.15, 0.2) is 0 Å². The number of likely N-dealkylation sites (tertiary alicyclic amines) is 1. The molecule has 33 heavy (non-hydrogen) atoms. The number of nitrogens with one attached hydrogen (secondary N) is 1. The number of nitrogens with zero attached hydrogens (tertiary/aromatic N) is 1. The zero-order valence-electron chi connectivity index (χ0n) is 18.4. The van der Waals surface area contributed by atoms with Crippen molar-refractivity contribution in [1.82, 2.24) is 10.2 Å². The highest BCUT2D eigenvalue weighted by Crippen LogP contribution is 2.44. The van der Waals surface area contributed by atoms with Crippen molar-refractivity contribution in [3.63, 3.8) is 0 Å². The van der Waals surface area contributed by atoms with Gasteiger partial charge in [-0.05, 0) is 28.7 Å². The summed E-state index contributed by atoms with van der Waals surface area (Å²) in [6, 6.07) is 14.6. The summed E-state index contributed by atoms with van der Waals surface area (Å²) >= 11 is 0. The number of amides is 2. The quantitative estimate of drug-likeness (QED) is 0.595. The normalized spacial score (nSPS) is 20.1. The lowest BCUT2D eigenvalue weighted by Gasteiger charge is -2.24. The summed E-state index contributed by atoms with van der Waals surface area (Å²) in [7, 11) is 0. The maximum Gasteiger partial charge on any atom is 0.407 e. The Bertz CT molecular complexity index is 1010. The van der Waals surface area contributed by atoms with Gasteiger partial charge in [-0.3, -0.25) is 4.79 Å². The molecule has 4 rings (SSSR count). The summed E-state index contributed by atoms with van der Waals surface area (Å²) in [5.74, 6) is -1.62. The number of β-amino-alcohol motifs (C(OH)–C–C–N with tert-alkyl or cyclic N) is 1. The summed E-state index contributed by atoms with van der Waals surface area (Å²) in [6.45, 7) is 1.98. The zero-order chi connectivity index (χ0) is 23.5. The number of carboxylic acids is 1. The Labute approximate surface area is 192 Å². The predicted molar refractivity (Wildman–Crippen MR) is 121 cm³/mol. The number of hydrogen-bond acceptors (Lipinski definition) is 5. The van der Waals surface area contributed by atoms with Crippen LogP contribution in [0.15, 0.2) is 48.5 Å². The molecule has 0 aromatic heterocycles. The van der Waals surface area contributed by atoms with Gasteiger partial charge in [-0.25, -0.2) is 9.59 Å². The number of rotatable bonds is 7. The number of carbonyl (C=O) groups is 3. The summed E-state index contributed by atoms with van der Waals surface area (Å²) in [4.78, 5) is 37.7. The number of hydrogen-bond donors (Lipinski definition) is 3. The van der Waals surface area contributed by atoms with E-state index in [-0.39, 0.29) is 31.9 Å². The van der Waals surface area contributed by atoms with Crippen LogP contribution in [0.1, 0.15) is 43.2 Å². The van der Waals surface area contributed by atoms with Crippen molar-refractivity contribution in [2.45, 2.75) is 50.3 Å². The molecule has 3 N–H and O–H groups in total. The third-order valence-electron chi connectivity index (χ3n) is 6.46. The van der Waals surface area contributed by atoms with Crippen LogP contribution in [-0.2, 0) is 14.3 Å². The third kappa shape index (κ3) is 4.71. The minimum Gasteiger partial charge on any atom is -0.480 e. The van der Waals surface area contributed by atoms with Crippen molar-refractivity contribution < 1.29 is 29.3 Å².